The van der Waals surface area contributed by atoms with E-state index in [9.17, 15) is 14.4 Å². The van der Waals surface area contributed by atoms with Crippen LogP contribution in [0.25, 0.3) is 11.6 Å². The number of nitrogens with zero attached hydrogens (tertiary/aromatic N) is 1. The van der Waals surface area contributed by atoms with Gasteiger partial charge in [-0.2, -0.15) is 0 Å². The summed E-state index contributed by atoms with van der Waals surface area (Å²) in [6, 6.07) is 21.0. The third-order valence-electron chi connectivity index (χ3n) is 4.99. The van der Waals surface area contributed by atoms with Crippen LogP contribution in [0.2, 0.25) is 0 Å². The van der Waals surface area contributed by atoms with E-state index < -0.39 is 18.5 Å². The zero-order valence-corrected chi connectivity index (χ0v) is 16.7. The van der Waals surface area contributed by atoms with E-state index in [0.717, 1.165) is 11.1 Å². The summed E-state index contributed by atoms with van der Waals surface area (Å²) in [5.41, 5.74) is 3.53. The Kier molecular flexibility index (Phi) is 5.37. The van der Waals surface area contributed by atoms with Crippen LogP contribution in [0.5, 0.6) is 5.75 Å². The molecule has 0 fully saturated rings. The number of carboxylic acids is 1. The van der Waals surface area contributed by atoms with E-state index >= 15 is 0 Å². The number of fused-ring (bicyclic) bond motifs is 1. The maximum absolute atomic E-state index is 13.4. The predicted octanol–water partition coefficient (Wildman–Crippen LogP) is 4.19. The van der Waals surface area contributed by atoms with Crippen LogP contribution in [0.4, 0.5) is 5.69 Å². The molecule has 31 heavy (non-hydrogen) atoms. The van der Waals surface area contributed by atoms with Crippen molar-refractivity contribution in [1.29, 1.82) is 0 Å². The van der Waals surface area contributed by atoms with Gasteiger partial charge in [0.05, 0.1) is 5.69 Å². The monoisotopic (exact) mass is 413 g/mol. The van der Waals surface area contributed by atoms with Gasteiger partial charge in [-0.25, -0.2) is 9.69 Å². The zero-order valence-electron chi connectivity index (χ0n) is 16.7. The number of hydrogen-bond donors (Lipinski definition) is 1. The number of imide groups is 1. The highest BCUT2D eigenvalue weighted by Gasteiger charge is 2.36. The smallest absolute Gasteiger partial charge is 0.341 e. The van der Waals surface area contributed by atoms with Crippen molar-refractivity contribution in [2.75, 3.05) is 11.5 Å². The largest absolute Gasteiger partial charge is 0.482 e. The molecule has 1 N–H and O–H groups in total. The zero-order chi connectivity index (χ0) is 22.0. The number of benzene rings is 3. The van der Waals surface area contributed by atoms with Crippen LogP contribution in [-0.2, 0) is 9.59 Å². The van der Waals surface area contributed by atoms with Gasteiger partial charge in [0, 0.05) is 11.1 Å². The lowest BCUT2D eigenvalue weighted by molar-refractivity contribution is -0.139. The Morgan fingerprint density at radius 3 is 2.23 bits per heavy atom. The molecule has 6 nitrogen and oxygen atoms in total. The first-order valence-electron chi connectivity index (χ1n) is 9.66. The quantitative estimate of drug-likeness (QED) is 0.501. The molecular weight excluding hydrogens is 394 g/mol. The molecule has 3 aromatic carbocycles. The Hall–Kier alpha value is -4.19. The van der Waals surface area contributed by atoms with Crippen molar-refractivity contribution in [2.24, 2.45) is 0 Å². The van der Waals surface area contributed by atoms with Crippen LogP contribution in [-0.4, -0.2) is 29.5 Å². The number of anilines is 1. The predicted molar refractivity (Wildman–Crippen MR) is 117 cm³/mol. The van der Waals surface area contributed by atoms with Gasteiger partial charge in [-0.05, 0) is 54.0 Å². The molecule has 0 bridgehead atoms. The summed E-state index contributed by atoms with van der Waals surface area (Å²) in [5, 5.41) is 8.72. The fourth-order valence-electron chi connectivity index (χ4n) is 3.50. The standard InChI is InChI=1S/C25H19NO5/c1-16-6-2-5-9-22(16)26-24(29)20-8-4-3-7-19(20)21(25(26)30)14-17-10-12-18(13-11-17)31-15-23(27)28/h2-14H,15H2,1H3,(H,27,28)/b21-14+. The van der Waals surface area contributed by atoms with Crippen LogP contribution in [0.1, 0.15) is 27.0 Å². The summed E-state index contributed by atoms with van der Waals surface area (Å²) in [6.45, 7) is 1.43. The van der Waals surface area contributed by atoms with Gasteiger partial charge in [-0.1, -0.05) is 48.5 Å². The molecule has 0 aromatic heterocycles. The molecular formula is C25H19NO5. The topological polar surface area (TPSA) is 83.9 Å². The van der Waals surface area contributed by atoms with Gasteiger partial charge in [0.2, 0.25) is 0 Å². The van der Waals surface area contributed by atoms with E-state index in [1.54, 1.807) is 66.7 Å². The minimum atomic E-state index is -1.06. The molecule has 0 aliphatic carbocycles. The van der Waals surface area contributed by atoms with Crippen LogP contribution < -0.4 is 9.64 Å². The maximum Gasteiger partial charge on any atom is 0.341 e. The number of ether oxygens (including phenoxy) is 1. The molecule has 0 atom stereocenters. The second kappa shape index (κ2) is 8.28. The van der Waals surface area contributed by atoms with Crippen LogP contribution >= 0.6 is 0 Å². The number of carbonyl (C=O) groups excluding carboxylic acids is 2. The van der Waals surface area contributed by atoms with E-state index in [0.29, 0.717) is 28.1 Å². The number of amides is 2. The number of rotatable bonds is 5. The van der Waals surface area contributed by atoms with Crippen molar-refractivity contribution in [2.45, 2.75) is 6.92 Å². The van der Waals surface area contributed by atoms with Crippen molar-refractivity contribution < 1.29 is 24.2 Å². The van der Waals surface area contributed by atoms with Crippen LogP contribution in [0.3, 0.4) is 0 Å². The van der Waals surface area contributed by atoms with Gasteiger partial charge in [-0.15, -0.1) is 0 Å². The first-order chi connectivity index (χ1) is 15.0. The van der Waals surface area contributed by atoms with Crippen molar-refractivity contribution in [3.8, 4) is 5.75 Å². The average molecular weight is 413 g/mol. The summed E-state index contributed by atoms with van der Waals surface area (Å²) >= 11 is 0. The SMILES string of the molecule is Cc1ccccc1N1C(=O)/C(=C/c2ccc(OCC(=O)O)cc2)c2ccccc2C1=O. The normalized spacial score (nSPS) is 14.5. The third-order valence-corrected chi connectivity index (χ3v) is 4.99. The van der Waals surface area contributed by atoms with Gasteiger partial charge in [0.1, 0.15) is 5.75 Å². The van der Waals surface area contributed by atoms with E-state index in [2.05, 4.69) is 0 Å². The number of hydrogen-bond acceptors (Lipinski definition) is 4. The number of aliphatic carboxylic acids is 1. The van der Waals surface area contributed by atoms with Gasteiger partial charge in [-0.3, -0.25) is 9.59 Å². The number of para-hydroxylation sites is 1. The summed E-state index contributed by atoms with van der Waals surface area (Å²) < 4.78 is 5.15. The highest BCUT2D eigenvalue weighted by Crippen LogP contribution is 2.34. The lowest BCUT2D eigenvalue weighted by atomic mass is 9.91. The van der Waals surface area contributed by atoms with Crippen molar-refractivity contribution in [1.82, 2.24) is 0 Å². The summed E-state index contributed by atoms with van der Waals surface area (Å²) in [4.78, 5) is 38.5. The molecule has 6 heteroatoms. The fraction of sp³-hybridized carbons (Fsp3) is 0.0800. The number of carbonyl (C=O) groups is 3. The molecule has 0 unspecified atom stereocenters. The second-order valence-corrected chi connectivity index (χ2v) is 7.09. The van der Waals surface area contributed by atoms with E-state index in [4.69, 9.17) is 9.84 Å². The Balaban J connectivity index is 1.76. The minimum absolute atomic E-state index is 0.357. The Bertz CT molecular complexity index is 1210. The van der Waals surface area contributed by atoms with Gasteiger partial charge >= 0.3 is 5.97 Å². The van der Waals surface area contributed by atoms with E-state index in [1.807, 2.05) is 19.1 Å². The Morgan fingerprint density at radius 2 is 1.55 bits per heavy atom. The van der Waals surface area contributed by atoms with Gasteiger partial charge < -0.3 is 9.84 Å². The summed E-state index contributed by atoms with van der Waals surface area (Å²) in [7, 11) is 0. The third kappa shape index (κ3) is 3.96. The lowest BCUT2D eigenvalue weighted by Crippen LogP contribution is -2.42. The molecule has 1 heterocycles. The first kappa shape index (κ1) is 20.1. The number of aryl methyl sites for hydroxylation is 1. The molecule has 154 valence electrons. The van der Waals surface area contributed by atoms with Crippen LogP contribution in [0.15, 0.2) is 72.8 Å². The van der Waals surface area contributed by atoms with Crippen LogP contribution in [0, 0.1) is 6.92 Å². The van der Waals surface area contributed by atoms with E-state index in [1.165, 1.54) is 4.90 Å². The molecule has 1 aliphatic heterocycles. The molecule has 3 aromatic rings. The first-order valence-corrected chi connectivity index (χ1v) is 9.66. The van der Waals surface area contributed by atoms with Crippen molar-refractivity contribution in [3.05, 3.63) is 95.1 Å². The highest BCUT2D eigenvalue weighted by molar-refractivity contribution is 6.43. The molecule has 0 spiro atoms. The van der Waals surface area contributed by atoms with Gasteiger partial charge in [0.25, 0.3) is 11.8 Å². The molecule has 1 aliphatic rings. The minimum Gasteiger partial charge on any atom is -0.482 e. The fourth-order valence-corrected chi connectivity index (χ4v) is 3.50. The second-order valence-electron chi connectivity index (χ2n) is 7.09. The Morgan fingerprint density at radius 1 is 0.903 bits per heavy atom. The molecule has 4 rings (SSSR count). The highest BCUT2D eigenvalue weighted by atomic mass is 16.5. The van der Waals surface area contributed by atoms with Crippen molar-refractivity contribution >= 4 is 35.1 Å². The Labute approximate surface area is 179 Å². The van der Waals surface area contributed by atoms with Crippen molar-refractivity contribution in [3.63, 3.8) is 0 Å². The lowest BCUT2D eigenvalue weighted by Gasteiger charge is -2.29. The summed E-state index contributed by atoms with van der Waals surface area (Å²) in [5.74, 6) is -1.40. The number of carboxylic acid groups (broad SMARTS) is 1. The van der Waals surface area contributed by atoms with Gasteiger partial charge in [0.15, 0.2) is 6.61 Å². The summed E-state index contributed by atoms with van der Waals surface area (Å²) in [6.07, 6.45) is 1.72. The molecule has 0 saturated carbocycles. The molecule has 0 saturated heterocycles. The average Bonchev–Trinajstić information content (AvgIpc) is 2.77. The molecule has 2 amide bonds. The molecule has 0 radical (unpaired) electrons. The van der Waals surface area contributed by atoms with E-state index in [-0.39, 0.29) is 5.91 Å². The maximum atomic E-state index is 13.4.